The van der Waals surface area contributed by atoms with Gasteiger partial charge in [0.05, 0.1) is 23.6 Å². The first kappa shape index (κ1) is 35.7. The third-order valence-corrected chi connectivity index (χ3v) is 13.5. The summed E-state index contributed by atoms with van der Waals surface area (Å²) in [6.45, 7) is 13.7. The van der Waals surface area contributed by atoms with E-state index in [9.17, 15) is 9.59 Å². The summed E-state index contributed by atoms with van der Waals surface area (Å²) in [7, 11) is -2.22. The lowest BCUT2D eigenvalue weighted by atomic mass is 10.0. The van der Waals surface area contributed by atoms with Crippen LogP contribution in [0.3, 0.4) is 0 Å². The van der Waals surface area contributed by atoms with Crippen molar-refractivity contribution in [1.29, 1.82) is 0 Å². The average Bonchev–Trinajstić information content (AvgIpc) is 3.34. The molecule has 0 aliphatic heterocycles. The molecule has 0 bridgehead atoms. The van der Waals surface area contributed by atoms with Gasteiger partial charge in [-0.1, -0.05) is 70.0 Å². The van der Waals surface area contributed by atoms with Gasteiger partial charge in [-0.05, 0) is 92.2 Å². The summed E-state index contributed by atoms with van der Waals surface area (Å²) in [5, 5.41) is -0.00487. The average molecular weight is 639 g/mol. The molecule has 3 rings (SSSR count). The molecule has 0 saturated heterocycles. The van der Waals surface area contributed by atoms with Crippen LogP contribution in [0.5, 0.6) is 11.5 Å². The molecule has 6 nitrogen and oxygen atoms in total. The molecule has 0 saturated carbocycles. The van der Waals surface area contributed by atoms with Crippen molar-refractivity contribution in [2.24, 2.45) is 0 Å². The van der Waals surface area contributed by atoms with Gasteiger partial charge in [-0.15, -0.1) is 0 Å². The Morgan fingerprint density at radius 3 is 2.20 bits per heavy atom. The normalized spacial score (nSPS) is 15.0. The second kappa shape index (κ2) is 17.6. The molecule has 0 N–H and O–H groups in total. The number of ketones is 1. The van der Waals surface area contributed by atoms with Gasteiger partial charge in [0.2, 0.25) is 0 Å². The Morgan fingerprint density at radius 1 is 0.932 bits per heavy atom. The fraction of sp³-hybridized carbons (Fsp3) is 0.500. The van der Waals surface area contributed by atoms with E-state index in [-0.39, 0.29) is 22.9 Å². The number of benzene rings is 2. The maximum atomic E-state index is 13.0. The van der Waals surface area contributed by atoms with E-state index in [0.717, 1.165) is 59.7 Å². The molecule has 2 aromatic carbocycles. The number of esters is 1. The van der Waals surface area contributed by atoms with E-state index in [1.54, 1.807) is 0 Å². The summed E-state index contributed by atoms with van der Waals surface area (Å²) in [5.41, 5.74) is 1.97. The van der Waals surface area contributed by atoms with E-state index < -0.39 is 8.32 Å². The Kier molecular flexibility index (Phi) is 14.3. The molecule has 0 fully saturated rings. The number of allylic oxidation sites excluding steroid dienone is 3. The highest BCUT2D eigenvalue weighted by Gasteiger charge is 2.40. The summed E-state index contributed by atoms with van der Waals surface area (Å²) in [4.78, 5) is 25.6. The minimum Gasteiger partial charge on any atom is -0.491 e. The number of hydrogen-bond acceptors (Lipinski definition) is 7. The van der Waals surface area contributed by atoms with Crippen LogP contribution in [0, 0.1) is 0 Å². The standard InChI is InChI=1S/C36H50O6SSi/c1-7-39-35(38)23-17-9-8-16-22-31-28(24-25-32(31)37)26-34(43-41-30-20-14-11-15-21-30)33(42-44(5,6)36(2,3)4)27-40-29-18-12-10-13-19-29/h10-15,18-21,26,33H,7-9,16-17,22-25,27H2,1-6H3/b34-26-. The van der Waals surface area contributed by atoms with Gasteiger partial charge < -0.3 is 18.1 Å². The van der Waals surface area contributed by atoms with Crippen molar-refractivity contribution in [1.82, 2.24) is 0 Å². The maximum absolute atomic E-state index is 13.0. The fourth-order valence-electron chi connectivity index (χ4n) is 4.66. The molecule has 0 radical (unpaired) electrons. The lowest BCUT2D eigenvalue weighted by Gasteiger charge is -2.39. The van der Waals surface area contributed by atoms with Crippen LogP contribution in [0.1, 0.15) is 79.1 Å². The summed E-state index contributed by atoms with van der Waals surface area (Å²) < 4.78 is 24.5. The molecule has 1 atom stereocenters. The van der Waals surface area contributed by atoms with Crippen molar-refractivity contribution in [3.63, 3.8) is 0 Å². The largest absolute Gasteiger partial charge is 0.491 e. The SMILES string of the molecule is CCOC(=O)CCCCCCC1=C(/C=C(\SOc2ccccc2)C(COc2ccccc2)O[Si](C)(C)C(C)(C)C)CCC1=O. The van der Waals surface area contributed by atoms with Gasteiger partial charge in [0.15, 0.2) is 14.1 Å². The highest BCUT2D eigenvalue weighted by atomic mass is 32.2. The Labute approximate surface area is 269 Å². The van der Waals surface area contributed by atoms with Gasteiger partial charge in [-0.25, -0.2) is 0 Å². The molecule has 0 aromatic heterocycles. The molecule has 1 aliphatic rings. The number of hydrogen-bond donors (Lipinski definition) is 0. The minimum absolute atomic E-state index is 0.00487. The molecule has 0 amide bonds. The first-order valence-electron chi connectivity index (χ1n) is 15.9. The van der Waals surface area contributed by atoms with Crippen molar-refractivity contribution in [3.05, 3.63) is 82.8 Å². The quantitative estimate of drug-likeness (QED) is 0.0697. The molecule has 1 unspecified atom stereocenters. The van der Waals surface area contributed by atoms with Gasteiger partial charge in [0.25, 0.3) is 0 Å². The number of Topliss-reactive ketones (excluding diaryl/α,β-unsaturated/α-hetero) is 1. The second-order valence-electron chi connectivity index (χ2n) is 12.7. The summed E-state index contributed by atoms with van der Waals surface area (Å²) in [5.74, 6) is 1.61. The highest BCUT2D eigenvalue weighted by molar-refractivity contribution is 7.99. The van der Waals surface area contributed by atoms with Crippen LogP contribution in [0.4, 0.5) is 0 Å². The third-order valence-electron chi connectivity index (χ3n) is 8.21. The van der Waals surface area contributed by atoms with Crippen LogP contribution in [-0.2, 0) is 18.8 Å². The molecule has 44 heavy (non-hydrogen) atoms. The Balaban J connectivity index is 1.86. The smallest absolute Gasteiger partial charge is 0.305 e. The molecule has 2 aromatic rings. The number of ether oxygens (including phenoxy) is 2. The molecule has 240 valence electrons. The predicted octanol–water partition coefficient (Wildman–Crippen LogP) is 9.63. The summed E-state index contributed by atoms with van der Waals surface area (Å²) >= 11 is 1.29. The van der Waals surface area contributed by atoms with Crippen LogP contribution in [-0.4, -0.2) is 39.4 Å². The Bertz CT molecular complexity index is 1250. The van der Waals surface area contributed by atoms with Crippen LogP contribution < -0.4 is 8.92 Å². The second-order valence-corrected chi connectivity index (χ2v) is 18.2. The van der Waals surface area contributed by atoms with Gasteiger partial charge in [0, 0.05) is 12.8 Å². The number of para-hydroxylation sites is 2. The lowest BCUT2D eigenvalue weighted by molar-refractivity contribution is -0.143. The molecular formula is C36H50O6SSi. The molecule has 0 heterocycles. The first-order chi connectivity index (χ1) is 21.0. The highest BCUT2D eigenvalue weighted by Crippen LogP contribution is 2.40. The van der Waals surface area contributed by atoms with Crippen molar-refractivity contribution < 1.29 is 27.7 Å². The predicted molar refractivity (Wildman–Crippen MR) is 182 cm³/mol. The first-order valence-corrected chi connectivity index (χ1v) is 19.5. The van der Waals surface area contributed by atoms with Gasteiger partial charge >= 0.3 is 5.97 Å². The third kappa shape index (κ3) is 11.6. The van der Waals surface area contributed by atoms with Crippen LogP contribution in [0.25, 0.3) is 0 Å². The van der Waals surface area contributed by atoms with Crippen LogP contribution >= 0.6 is 12.0 Å². The van der Waals surface area contributed by atoms with Gasteiger partial charge in [-0.2, -0.15) is 0 Å². The monoisotopic (exact) mass is 638 g/mol. The Morgan fingerprint density at radius 2 is 1.57 bits per heavy atom. The van der Waals surface area contributed by atoms with E-state index in [4.69, 9.17) is 18.1 Å². The zero-order valence-electron chi connectivity index (χ0n) is 27.4. The minimum atomic E-state index is -2.22. The zero-order chi connectivity index (χ0) is 32.0. The van der Waals surface area contributed by atoms with Crippen molar-refractivity contribution >= 4 is 32.1 Å². The zero-order valence-corrected chi connectivity index (χ0v) is 29.2. The number of rotatable bonds is 18. The number of carbonyl (C=O) groups excluding carboxylic acids is 2. The maximum Gasteiger partial charge on any atom is 0.305 e. The lowest BCUT2D eigenvalue weighted by Crippen LogP contribution is -2.45. The molecule has 8 heteroatoms. The van der Waals surface area contributed by atoms with E-state index in [2.05, 4.69) is 39.9 Å². The molecule has 1 aliphatic carbocycles. The van der Waals surface area contributed by atoms with Crippen molar-refractivity contribution in [2.45, 2.75) is 103 Å². The van der Waals surface area contributed by atoms with Gasteiger partial charge in [-0.3, -0.25) is 9.59 Å². The van der Waals surface area contributed by atoms with E-state index in [1.807, 2.05) is 67.6 Å². The van der Waals surface area contributed by atoms with Gasteiger partial charge in [0.1, 0.15) is 24.2 Å². The summed E-state index contributed by atoms with van der Waals surface area (Å²) in [6.07, 6.45) is 7.79. The molecule has 0 spiro atoms. The topological polar surface area (TPSA) is 71.1 Å². The van der Waals surface area contributed by atoms with E-state index in [1.165, 1.54) is 12.0 Å². The number of unbranched alkanes of at least 4 members (excludes halogenated alkanes) is 3. The van der Waals surface area contributed by atoms with E-state index in [0.29, 0.717) is 32.5 Å². The number of carbonyl (C=O) groups is 2. The van der Waals surface area contributed by atoms with Crippen LogP contribution in [0.15, 0.2) is 82.8 Å². The fourth-order valence-corrected chi connectivity index (χ4v) is 6.72. The van der Waals surface area contributed by atoms with Crippen LogP contribution in [0.2, 0.25) is 18.1 Å². The summed E-state index contributed by atoms with van der Waals surface area (Å²) in [6, 6.07) is 19.5. The van der Waals surface area contributed by atoms with Crippen molar-refractivity contribution in [2.75, 3.05) is 13.2 Å². The Hall–Kier alpha value is -2.81. The van der Waals surface area contributed by atoms with E-state index >= 15 is 0 Å². The molecular weight excluding hydrogens is 589 g/mol. The van der Waals surface area contributed by atoms with Crippen molar-refractivity contribution in [3.8, 4) is 11.5 Å².